The zero-order chi connectivity index (χ0) is 23.7. The van der Waals surface area contributed by atoms with Crippen molar-refractivity contribution in [2.45, 2.75) is 45.8 Å². The van der Waals surface area contributed by atoms with Crippen molar-refractivity contribution in [1.29, 1.82) is 0 Å². The van der Waals surface area contributed by atoms with Crippen molar-refractivity contribution in [3.8, 4) is 0 Å². The standard InChI is InChI=1S/C26H38N2O4/c1-8-10-18(3)23(19(4)30-6)17-28-14-13-21(32-9-2)16-25(28)20-11-12-22(26(29)31-7)24(15-20)27-5/h8,10-12,15,21,25,27H,3,9,13-14,16-17H2,1-2,4-7H3/b10-8-,23-19+. The number of ether oxygens (including phenoxy) is 3. The number of hydrogen-bond donors (Lipinski definition) is 1. The number of allylic oxidation sites excluding steroid dienone is 3. The van der Waals surface area contributed by atoms with Crippen LogP contribution in [0.5, 0.6) is 0 Å². The summed E-state index contributed by atoms with van der Waals surface area (Å²) in [6, 6.07) is 6.04. The molecule has 32 heavy (non-hydrogen) atoms. The van der Waals surface area contributed by atoms with Gasteiger partial charge in [0.1, 0.15) is 0 Å². The fourth-order valence-corrected chi connectivity index (χ4v) is 4.24. The normalized spacial score (nSPS) is 20.1. The number of benzene rings is 1. The highest BCUT2D eigenvalue weighted by Crippen LogP contribution is 2.36. The van der Waals surface area contributed by atoms with Crippen LogP contribution in [0.1, 0.15) is 55.6 Å². The summed E-state index contributed by atoms with van der Waals surface area (Å²) in [5.74, 6) is 0.521. The molecule has 1 aromatic rings. The third-order valence-corrected chi connectivity index (χ3v) is 6.02. The number of hydrogen-bond acceptors (Lipinski definition) is 6. The molecule has 1 fully saturated rings. The lowest BCUT2D eigenvalue weighted by molar-refractivity contribution is -0.00844. The Morgan fingerprint density at radius 3 is 2.66 bits per heavy atom. The molecule has 1 aromatic carbocycles. The van der Waals surface area contributed by atoms with E-state index < -0.39 is 0 Å². The monoisotopic (exact) mass is 442 g/mol. The van der Waals surface area contributed by atoms with Crippen molar-refractivity contribution in [1.82, 2.24) is 4.90 Å². The summed E-state index contributed by atoms with van der Waals surface area (Å²) >= 11 is 0. The van der Waals surface area contributed by atoms with Crippen LogP contribution in [-0.2, 0) is 14.2 Å². The Bertz CT molecular complexity index is 859. The minimum Gasteiger partial charge on any atom is -0.501 e. The molecule has 0 saturated carbocycles. The second-order valence-corrected chi connectivity index (χ2v) is 7.90. The maximum atomic E-state index is 12.1. The minimum absolute atomic E-state index is 0.136. The summed E-state index contributed by atoms with van der Waals surface area (Å²) in [5.41, 5.74) is 4.46. The van der Waals surface area contributed by atoms with Gasteiger partial charge in [0.25, 0.3) is 0 Å². The maximum absolute atomic E-state index is 12.1. The fraction of sp³-hybridized carbons (Fsp3) is 0.500. The first-order chi connectivity index (χ1) is 15.4. The molecule has 0 aliphatic carbocycles. The lowest BCUT2D eigenvalue weighted by Crippen LogP contribution is -2.41. The van der Waals surface area contributed by atoms with E-state index in [0.29, 0.717) is 12.2 Å². The molecular formula is C26H38N2O4. The van der Waals surface area contributed by atoms with Crippen LogP contribution in [0.15, 0.2) is 53.8 Å². The van der Waals surface area contributed by atoms with Gasteiger partial charge in [-0.3, -0.25) is 4.90 Å². The highest BCUT2D eigenvalue weighted by atomic mass is 16.5. The SMILES string of the molecule is C=C(/C=C\C)/C(CN1CCC(OCC)CC1c1ccc(C(=O)OC)c(NC)c1)=C(\C)OC. The lowest BCUT2D eigenvalue weighted by Gasteiger charge is -2.40. The fourth-order valence-electron chi connectivity index (χ4n) is 4.24. The molecule has 0 radical (unpaired) electrons. The Labute approximate surface area is 192 Å². The quantitative estimate of drug-likeness (QED) is 0.309. The number of rotatable bonds is 10. The van der Waals surface area contributed by atoms with E-state index in [4.69, 9.17) is 14.2 Å². The van der Waals surface area contributed by atoms with Crippen molar-refractivity contribution in [2.75, 3.05) is 46.3 Å². The number of carbonyl (C=O) groups excluding carboxylic acids is 1. The molecule has 6 nitrogen and oxygen atoms in total. The number of nitrogens with one attached hydrogen (secondary N) is 1. The first-order valence-electron chi connectivity index (χ1n) is 11.2. The summed E-state index contributed by atoms with van der Waals surface area (Å²) in [4.78, 5) is 14.6. The van der Waals surface area contributed by atoms with Gasteiger partial charge >= 0.3 is 5.97 Å². The Balaban J connectivity index is 2.44. The number of carbonyl (C=O) groups is 1. The van der Waals surface area contributed by atoms with Crippen molar-refractivity contribution in [3.63, 3.8) is 0 Å². The molecule has 0 bridgehead atoms. The number of methoxy groups -OCH3 is 2. The van der Waals surface area contributed by atoms with Crippen molar-refractivity contribution in [2.24, 2.45) is 0 Å². The molecule has 176 valence electrons. The van der Waals surface area contributed by atoms with Gasteiger partial charge < -0.3 is 19.5 Å². The second kappa shape index (κ2) is 12.5. The van der Waals surface area contributed by atoms with Crippen LogP contribution in [0.3, 0.4) is 0 Å². The van der Waals surface area contributed by atoms with E-state index in [1.165, 1.54) is 7.11 Å². The molecule has 2 atom stereocenters. The lowest BCUT2D eigenvalue weighted by atomic mass is 9.91. The van der Waals surface area contributed by atoms with Crippen LogP contribution in [0.4, 0.5) is 5.69 Å². The van der Waals surface area contributed by atoms with Gasteiger partial charge in [0.15, 0.2) is 0 Å². The summed E-state index contributed by atoms with van der Waals surface area (Å²) in [7, 11) is 4.91. The summed E-state index contributed by atoms with van der Waals surface area (Å²) < 4.78 is 16.5. The largest absolute Gasteiger partial charge is 0.501 e. The molecular weight excluding hydrogens is 404 g/mol. The zero-order valence-electron chi connectivity index (χ0n) is 20.4. The molecule has 6 heteroatoms. The Kier molecular flexibility index (Phi) is 10.0. The van der Waals surface area contributed by atoms with Gasteiger partial charge in [-0.15, -0.1) is 0 Å². The minimum atomic E-state index is -0.350. The van der Waals surface area contributed by atoms with E-state index >= 15 is 0 Å². The van der Waals surface area contributed by atoms with Crippen molar-refractivity contribution < 1.29 is 19.0 Å². The van der Waals surface area contributed by atoms with Gasteiger partial charge in [-0.05, 0) is 56.9 Å². The molecule has 0 aromatic heterocycles. The first-order valence-corrected chi connectivity index (χ1v) is 11.2. The van der Waals surface area contributed by atoms with Crippen LogP contribution >= 0.6 is 0 Å². The summed E-state index contributed by atoms with van der Waals surface area (Å²) in [5, 5.41) is 3.14. The maximum Gasteiger partial charge on any atom is 0.339 e. The number of esters is 1. The topological polar surface area (TPSA) is 60.0 Å². The van der Waals surface area contributed by atoms with E-state index in [1.807, 2.05) is 58.2 Å². The van der Waals surface area contributed by atoms with Crippen LogP contribution in [0.2, 0.25) is 0 Å². The Hall–Kier alpha value is -2.57. The molecule has 1 heterocycles. The van der Waals surface area contributed by atoms with Crippen LogP contribution in [0, 0.1) is 0 Å². The Morgan fingerprint density at radius 1 is 1.31 bits per heavy atom. The molecule has 2 unspecified atom stereocenters. The van der Waals surface area contributed by atoms with Crippen LogP contribution in [-0.4, -0.2) is 57.9 Å². The molecule has 1 aliphatic heterocycles. The average molecular weight is 443 g/mol. The zero-order valence-corrected chi connectivity index (χ0v) is 20.4. The molecule has 1 aliphatic rings. The third-order valence-electron chi connectivity index (χ3n) is 6.02. The van der Waals surface area contributed by atoms with Crippen molar-refractivity contribution in [3.05, 3.63) is 65.0 Å². The predicted octanol–water partition coefficient (Wildman–Crippen LogP) is 5.11. The predicted molar refractivity (Wildman–Crippen MR) is 130 cm³/mol. The van der Waals surface area contributed by atoms with Gasteiger partial charge in [0.2, 0.25) is 0 Å². The third kappa shape index (κ3) is 6.24. The van der Waals surface area contributed by atoms with E-state index in [1.54, 1.807) is 7.11 Å². The van der Waals surface area contributed by atoms with E-state index in [9.17, 15) is 4.79 Å². The number of anilines is 1. The number of piperidine rings is 1. The molecule has 2 rings (SSSR count). The molecule has 1 N–H and O–H groups in total. The van der Waals surface area contributed by atoms with Gasteiger partial charge in [0, 0.05) is 44.0 Å². The highest BCUT2D eigenvalue weighted by Gasteiger charge is 2.31. The molecule has 0 amide bonds. The highest BCUT2D eigenvalue weighted by molar-refractivity contribution is 5.95. The van der Waals surface area contributed by atoms with Gasteiger partial charge in [-0.1, -0.05) is 24.8 Å². The summed E-state index contributed by atoms with van der Waals surface area (Å²) in [6.45, 7) is 12.6. The van der Waals surface area contributed by atoms with Crippen LogP contribution < -0.4 is 5.32 Å². The van der Waals surface area contributed by atoms with Crippen molar-refractivity contribution >= 4 is 11.7 Å². The smallest absolute Gasteiger partial charge is 0.339 e. The van der Waals surface area contributed by atoms with Gasteiger partial charge in [-0.2, -0.15) is 0 Å². The van der Waals surface area contributed by atoms with Gasteiger partial charge in [0.05, 0.1) is 31.6 Å². The molecule has 1 saturated heterocycles. The van der Waals surface area contributed by atoms with E-state index in [2.05, 4.69) is 16.8 Å². The first kappa shape index (κ1) is 25.7. The van der Waals surface area contributed by atoms with Crippen LogP contribution in [0.25, 0.3) is 0 Å². The van der Waals surface area contributed by atoms with Gasteiger partial charge in [-0.25, -0.2) is 4.79 Å². The van der Waals surface area contributed by atoms with E-state index in [-0.39, 0.29) is 18.1 Å². The second-order valence-electron chi connectivity index (χ2n) is 7.90. The average Bonchev–Trinajstić information content (AvgIpc) is 2.81. The number of likely N-dealkylation sites (tertiary alicyclic amines) is 1. The molecule has 0 spiro atoms. The summed E-state index contributed by atoms with van der Waals surface area (Å²) in [6.07, 6.45) is 6.07. The van der Waals surface area contributed by atoms with E-state index in [0.717, 1.165) is 54.1 Å². The number of nitrogens with zero attached hydrogens (tertiary/aromatic N) is 1. The Morgan fingerprint density at radius 2 is 2.06 bits per heavy atom.